The normalized spacial score (nSPS) is 25.1. The number of ether oxygens (including phenoxy) is 3. The summed E-state index contributed by atoms with van der Waals surface area (Å²) in [5.74, 6) is 2.36. The van der Waals surface area contributed by atoms with Crippen LogP contribution in [0.15, 0.2) is 76.9 Å². The number of hydrogen-bond donors (Lipinski definition) is 1. The van der Waals surface area contributed by atoms with Crippen molar-refractivity contribution in [2.75, 3.05) is 20.8 Å². The van der Waals surface area contributed by atoms with Gasteiger partial charge in [-0.3, -0.25) is 4.90 Å². The average molecular weight is 456 g/mol. The van der Waals surface area contributed by atoms with Crippen molar-refractivity contribution in [1.82, 2.24) is 4.90 Å². The second-order valence-electron chi connectivity index (χ2n) is 8.79. The van der Waals surface area contributed by atoms with Gasteiger partial charge in [0.15, 0.2) is 0 Å². The number of allylic oxidation sites excluding steroid dienone is 1. The van der Waals surface area contributed by atoms with Crippen molar-refractivity contribution in [1.29, 1.82) is 5.26 Å². The van der Waals surface area contributed by atoms with E-state index in [1.54, 1.807) is 14.2 Å². The quantitative estimate of drug-likeness (QED) is 0.703. The summed E-state index contributed by atoms with van der Waals surface area (Å²) in [5, 5.41) is 10.1. The van der Waals surface area contributed by atoms with Gasteiger partial charge in [0.05, 0.1) is 20.1 Å². The predicted molar refractivity (Wildman–Crippen MR) is 131 cm³/mol. The van der Waals surface area contributed by atoms with Crippen LogP contribution in [0.3, 0.4) is 0 Å². The second-order valence-corrected chi connectivity index (χ2v) is 8.79. The molecule has 0 aliphatic carbocycles. The average Bonchev–Trinajstić information content (AvgIpc) is 3.23. The molecule has 6 heteroatoms. The lowest BCUT2D eigenvalue weighted by Gasteiger charge is -2.43. The van der Waals surface area contributed by atoms with Crippen LogP contribution in [0, 0.1) is 11.3 Å². The molecule has 3 heterocycles. The lowest BCUT2D eigenvalue weighted by molar-refractivity contribution is 0.187. The highest BCUT2D eigenvalue weighted by atomic mass is 16.5. The van der Waals surface area contributed by atoms with Crippen LogP contribution in [0.25, 0.3) is 6.08 Å². The summed E-state index contributed by atoms with van der Waals surface area (Å²) in [4.78, 5) is 2.53. The summed E-state index contributed by atoms with van der Waals surface area (Å²) >= 11 is 0. The Morgan fingerprint density at radius 3 is 2.24 bits per heavy atom. The standard InChI is InChI=1S/C28H29N3O3/c1-4-31-23-13-14-24(31)26-25(18-7-11-20(33-3)12-8-18)22(16-29)28(30)34-27(26)21(23)15-17-5-9-19(32-2)10-6-17/h5-12,15,23-25H,4,13-14,30H2,1-3H3/b21-15+/t23?,24?,25-/m0/s1. The van der Waals surface area contributed by atoms with Gasteiger partial charge in [0.1, 0.15) is 28.9 Å². The van der Waals surface area contributed by atoms with Crippen LogP contribution in [-0.4, -0.2) is 37.7 Å². The fourth-order valence-electron chi connectivity index (χ4n) is 5.65. The summed E-state index contributed by atoms with van der Waals surface area (Å²) < 4.78 is 16.9. The van der Waals surface area contributed by atoms with Crippen LogP contribution in [0.5, 0.6) is 11.5 Å². The summed E-state index contributed by atoms with van der Waals surface area (Å²) in [7, 11) is 3.32. The molecule has 2 bridgehead atoms. The number of methoxy groups -OCH3 is 2. The van der Waals surface area contributed by atoms with Crippen LogP contribution in [0.4, 0.5) is 0 Å². The van der Waals surface area contributed by atoms with Gasteiger partial charge >= 0.3 is 0 Å². The maximum Gasteiger partial charge on any atom is 0.205 e. The zero-order valence-electron chi connectivity index (χ0n) is 19.7. The van der Waals surface area contributed by atoms with E-state index in [-0.39, 0.29) is 23.9 Å². The van der Waals surface area contributed by atoms with E-state index in [4.69, 9.17) is 19.9 Å². The van der Waals surface area contributed by atoms with Crippen molar-refractivity contribution in [3.63, 3.8) is 0 Å². The molecular formula is C28H29N3O3. The molecule has 0 saturated carbocycles. The van der Waals surface area contributed by atoms with Gasteiger partial charge in [0.2, 0.25) is 5.88 Å². The molecular weight excluding hydrogens is 426 g/mol. The zero-order chi connectivity index (χ0) is 23.8. The van der Waals surface area contributed by atoms with Crippen molar-refractivity contribution in [2.45, 2.75) is 37.8 Å². The second kappa shape index (κ2) is 8.92. The van der Waals surface area contributed by atoms with Gasteiger partial charge < -0.3 is 19.9 Å². The van der Waals surface area contributed by atoms with Crippen molar-refractivity contribution in [2.24, 2.45) is 5.73 Å². The number of rotatable bonds is 5. The molecule has 5 rings (SSSR count). The van der Waals surface area contributed by atoms with E-state index < -0.39 is 0 Å². The Morgan fingerprint density at radius 2 is 1.65 bits per heavy atom. The van der Waals surface area contributed by atoms with Gasteiger partial charge in [0, 0.05) is 23.2 Å². The van der Waals surface area contributed by atoms with E-state index in [0.717, 1.165) is 58.9 Å². The SMILES string of the molecule is CCN1C2CCC1/C(=C\c1ccc(OC)cc1)C1=C2[C@@H](c2ccc(OC)cc2)C(C#N)=C(N)O1. The van der Waals surface area contributed by atoms with Crippen molar-refractivity contribution >= 4 is 6.08 Å². The van der Waals surface area contributed by atoms with Crippen LogP contribution < -0.4 is 15.2 Å². The Kier molecular flexibility index (Phi) is 5.80. The maximum atomic E-state index is 10.1. The molecule has 34 heavy (non-hydrogen) atoms. The molecule has 3 atom stereocenters. The van der Waals surface area contributed by atoms with Gasteiger partial charge in [-0.05, 0) is 60.9 Å². The number of likely N-dealkylation sites (N-methyl/N-ethyl adjacent to an activating group) is 1. The number of nitrogens with zero attached hydrogens (tertiary/aromatic N) is 2. The van der Waals surface area contributed by atoms with Crippen LogP contribution in [-0.2, 0) is 4.74 Å². The molecule has 2 N–H and O–H groups in total. The molecule has 3 aliphatic rings. The Morgan fingerprint density at radius 1 is 1.03 bits per heavy atom. The van der Waals surface area contributed by atoms with E-state index in [1.807, 2.05) is 48.5 Å². The molecule has 6 nitrogen and oxygen atoms in total. The minimum Gasteiger partial charge on any atom is -0.497 e. The van der Waals surface area contributed by atoms with Crippen molar-refractivity contribution in [3.05, 3.63) is 88.0 Å². The van der Waals surface area contributed by atoms with E-state index in [9.17, 15) is 5.26 Å². The van der Waals surface area contributed by atoms with Crippen molar-refractivity contribution in [3.8, 4) is 17.6 Å². The first-order chi connectivity index (χ1) is 16.6. The lowest BCUT2D eigenvalue weighted by Crippen LogP contribution is -2.45. The van der Waals surface area contributed by atoms with Crippen molar-refractivity contribution < 1.29 is 14.2 Å². The smallest absolute Gasteiger partial charge is 0.205 e. The Balaban J connectivity index is 1.69. The first-order valence-corrected chi connectivity index (χ1v) is 11.7. The molecule has 174 valence electrons. The molecule has 3 aliphatic heterocycles. The first kappa shape index (κ1) is 22.1. The maximum absolute atomic E-state index is 10.1. The van der Waals surface area contributed by atoms with Gasteiger partial charge in [-0.25, -0.2) is 0 Å². The molecule has 1 fully saturated rings. The molecule has 0 amide bonds. The van der Waals surface area contributed by atoms with Crippen LogP contribution in [0.1, 0.15) is 36.8 Å². The third-order valence-electron chi connectivity index (χ3n) is 7.21. The van der Waals surface area contributed by atoms with E-state index in [2.05, 4.69) is 24.0 Å². The number of benzene rings is 2. The van der Waals surface area contributed by atoms with Gasteiger partial charge in [-0.15, -0.1) is 0 Å². The summed E-state index contributed by atoms with van der Waals surface area (Å²) in [6, 6.07) is 18.7. The predicted octanol–water partition coefficient (Wildman–Crippen LogP) is 4.72. The Labute approximate surface area is 200 Å². The van der Waals surface area contributed by atoms with E-state index >= 15 is 0 Å². The molecule has 0 radical (unpaired) electrons. The van der Waals surface area contributed by atoms with Gasteiger partial charge in [-0.2, -0.15) is 5.26 Å². The highest BCUT2D eigenvalue weighted by molar-refractivity contribution is 5.66. The monoisotopic (exact) mass is 455 g/mol. The zero-order valence-corrected chi connectivity index (χ0v) is 19.7. The molecule has 2 aromatic carbocycles. The summed E-state index contributed by atoms with van der Waals surface area (Å²) in [5.41, 5.74) is 11.2. The molecule has 0 spiro atoms. The Bertz CT molecular complexity index is 1220. The first-order valence-electron chi connectivity index (χ1n) is 11.7. The molecule has 0 aromatic heterocycles. The van der Waals surface area contributed by atoms with E-state index in [1.165, 1.54) is 0 Å². The Hall–Kier alpha value is -3.69. The minimum atomic E-state index is -0.253. The highest BCUT2D eigenvalue weighted by Gasteiger charge is 2.49. The van der Waals surface area contributed by atoms with Gasteiger partial charge in [-0.1, -0.05) is 31.2 Å². The molecule has 2 unspecified atom stereocenters. The third-order valence-corrected chi connectivity index (χ3v) is 7.21. The summed E-state index contributed by atoms with van der Waals surface area (Å²) in [6.07, 6.45) is 4.25. The fraction of sp³-hybridized carbons (Fsp3) is 0.321. The number of nitriles is 1. The lowest BCUT2D eigenvalue weighted by atomic mass is 9.77. The molecule has 1 saturated heterocycles. The topological polar surface area (TPSA) is 80.7 Å². The fourth-order valence-corrected chi connectivity index (χ4v) is 5.65. The third kappa shape index (κ3) is 3.53. The number of nitrogens with two attached hydrogens (primary N) is 1. The molecule has 2 aromatic rings. The van der Waals surface area contributed by atoms with Crippen LogP contribution in [0.2, 0.25) is 0 Å². The van der Waals surface area contributed by atoms with E-state index in [0.29, 0.717) is 5.57 Å². The number of fused-ring (bicyclic) bond motifs is 3. The largest absolute Gasteiger partial charge is 0.497 e. The number of hydrogen-bond acceptors (Lipinski definition) is 6. The minimum absolute atomic E-state index is 0.187. The van der Waals surface area contributed by atoms with Crippen LogP contribution >= 0.6 is 0 Å². The summed E-state index contributed by atoms with van der Waals surface area (Å²) in [6.45, 7) is 3.12. The van der Waals surface area contributed by atoms with Gasteiger partial charge in [0.25, 0.3) is 0 Å². The highest BCUT2D eigenvalue weighted by Crippen LogP contribution is 2.52.